The lowest BCUT2D eigenvalue weighted by Crippen LogP contribution is -2.15. The van der Waals surface area contributed by atoms with Crippen LogP contribution in [0.5, 0.6) is 17.2 Å². The van der Waals surface area contributed by atoms with Gasteiger partial charge in [0.2, 0.25) is 0 Å². The number of carbonyl (C=O) groups excluding carboxylic acids is 1. The summed E-state index contributed by atoms with van der Waals surface area (Å²) in [6.07, 6.45) is 0. The summed E-state index contributed by atoms with van der Waals surface area (Å²) in [6, 6.07) is 7.34. The topological polar surface area (TPSA) is 97.1 Å². The Balaban J connectivity index is 2.08. The van der Waals surface area contributed by atoms with Crippen molar-refractivity contribution in [1.82, 2.24) is 0 Å². The molecule has 0 aliphatic heterocycles. The third-order valence-corrected chi connectivity index (χ3v) is 3.72. The zero-order valence-electron chi connectivity index (χ0n) is 15.9. The van der Waals surface area contributed by atoms with Crippen molar-refractivity contribution in [3.05, 3.63) is 57.1 Å². The predicted octanol–water partition coefficient (Wildman–Crippen LogP) is 3.94. The number of hydrogen-bond acceptors (Lipinski definition) is 7. The van der Waals surface area contributed by atoms with E-state index in [9.17, 15) is 23.7 Å². The minimum atomic E-state index is -3.19. The minimum Gasteiger partial charge on any atom is -0.493 e. The Morgan fingerprint density at radius 2 is 1.76 bits per heavy atom. The molecule has 2 rings (SSSR count). The number of rotatable bonds is 9. The quantitative estimate of drug-likeness (QED) is 0.350. The zero-order chi connectivity index (χ0) is 21.6. The van der Waals surface area contributed by atoms with Gasteiger partial charge in [-0.15, -0.1) is 0 Å². The largest absolute Gasteiger partial charge is 0.493 e. The maximum Gasteiger partial charge on any atom is 0.387 e. The number of halogens is 2. The number of methoxy groups -OCH3 is 1. The Morgan fingerprint density at radius 3 is 2.31 bits per heavy atom. The summed E-state index contributed by atoms with van der Waals surface area (Å²) < 4.78 is 44.4. The monoisotopic (exact) mass is 411 g/mol. The van der Waals surface area contributed by atoms with Crippen LogP contribution < -0.4 is 14.2 Å². The molecule has 2 aromatic rings. The average molecular weight is 411 g/mol. The fourth-order valence-corrected chi connectivity index (χ4v) is 2.58. The van der Waals surface area contributed by atoms with Crippen LogP contribution in [0.4, 0.5) is 14.5 Å². The first-order chi connectivity index (χ1) is 13.7. The summed E-state index contributed by atoms with van der Waals surface area (Å²) in [4.78, 5) is 22.4. The Morgan fingerprint density at radius 1 is 1.10 bits per heavy atom. The highest BCUT2D eigenvalue weighted by atomic mass is 19.3. The minimum absolute atomic E-state index is 0.0479. The van der Waals surface area contributed by atoms with Gasteiger partial charge in [0.15, 0.2) is 18.1 Å². The highest BCUT2D eigenvalue weighted by Crippen LogP contribution is 2.36. The fourth-order valence-electron chi connectivity index (χ4n) is 2.58. The number of alkyl halides is 2. The molecule has 0 unspecified atom stereocenters. The SMILES string of the molecule is COc1cc(COC(=O)COc2cc(C)cc(C)c2)c([N+](=O)[O-])cc1OC(F)F. The number of nitro groups is 1. The van der Waals surface area contributed by atoms with Gasteiger partial charge in [0.1, 0.15) is 12.4 Å². The van der Waals surface area contributed by atoms with Crippen molar-refractivity contribution in [3.63, 3.8) is 0 Å². The smallest absolute Gasteiger partial charge is 0.387 e. The summed E-state index contributed by atoms with van der Waals surface area (Å²) in [6.45, 7) is -0.301. The normalized spacial score (nSPS) is 10.6. The van der Waals surface area contributed by atoms with E-state index in [1.165, 1.54) is 7.11 Å². The Labute approximate surface area is 165 Å². The van der Waals surface area contributed by atoms with Crippen LogP contribution in [-0.2, 0) is 16.1 Å². The van der Waals surface area contributed by atoms with Gasteiger partial charge >= 0.3 is 12.6 Å². The van der Waals surface area contributed by atoms with Gasteiger partial charge in [0, 0.05) is 0 Å². The molecule has 8 nitrogen and oxygen atoms in total. The van der Waals surface area contributed by atoms with Crippen LogP contribution in [0.3, 0.4) is 0 Å². The third kappa shape index (κ3) is 6.30. The number of benzene rings is 2. The van der Waals surface area contributed by atoms with Crippen molar-refractivity contribution in [1.29, 1.82) is 0 Å². The van der Waals surface area contributed by atoms with Crippen molar-refractivity contribution in [2.75, 3.05) is 13.7 Å². The summed E-state index contributed by atoms with van der Waals surface area (Å²) in [5.74, 6) is -0.929. The van der Waals surface area contributed by atoms with Gasteiger partial charge in [0.05, 0.1) is 23.7 Å². The van der Waals surface area contributed by atoms with Crippen LogP contribution in [0.25, 0.3) is 0 Å². The van der Waals surface area contributed by atoms with Gasteiger partial charge in [-0.2, -0.15) is 8.78 Å². The highest BCUT2D eigenvalue weighted by molar-refractivity contribution is 5.71. The van der Waals surface area contributed by atoms with E-state index >= 15 is 0 Å². The lowest BCUT2D eigenvalue weighted by Gasteiger charge is -2.13. The first-order valence-electron chi connectivity index (χ1n) is 8.36. The van der Waals surface area contributed by atoms with Crippen molar-refractivity contribution >= 4 is 11.7 Å². The van der Waals surface area contributed by atoms with Crippen LogP contribution in [0.2, 0.25) is 0 Å². The molecule has 156 valence electrons. The molecule has 0 bridgehead atoms. The van der Waals surface area contributed by atoms with Crippen LogP contribution in [0, 0.1) is 24.0 Å². The second-order valence-electron chi connectivity index (χ2n) is 6.04. The zero-order valence-corrected chi connectivity index (χ0v) is 15.9. The molecule has 0 aliphatic rings. The summed E-state index contributed by atoms with van der Waals surface area (Å²) >= 11 is 0. The summed E-state index contributed by atoms with van der Waals surface area (Å²) in [7, 11) is 1.19. The van der Waals surface area contributed by atoms with E-state index in [1.54, 1.807) is 12.1 Å². The van der Waals surface area contributed by atoms with E-state index in [2.05, 4.69) is 4.74 Å². The van der Waals surface area contributed by atoms with E-state index in [0.29, 0.717) is 5.75 Å². The summed E-state index contributed by atoms with van der Waals surface area (Å²) in [5.41, 5.74) is 1.32. The lowest BCUT2D eigenvalue weighted by atomic mass is 10.1. The molecule has 0 radical (unpaired) electrons. The molecule has 0 saturated heterocycles. The third-order valence-electron chi connectivity index (χ3n) is 3.72. The first-order valence-corrected chi connectivity index (χ1v) is 8.36. The van der Waals surface area contributed by atoms with Gasteiger partial charge in [0.25, 0.3) is 5.69 Å². The van der Waals surface area contributed by atoms with Crippen molar-refractivity contribution in [2.45, 2.75) is 27.1 Å². The molecular formula is C19H19F2NO7. The van der Waals surface area contributed by atoms with Gasteiger partial charge in [-0.1, -0.05) is 6.07 Å². The molecule has 10 heteroatoms. The van der Waals surface area contributed by atoms with Crippen LogP contribution in [0.1, 0.15) is 16.7 Å². The van der Waals surface area contributed by atoms with Gasteiger partial charge in [-0.25, -0.2) is 4.79 Å². The Hall–Kier alpha value is -3.43. The van der Waals surface area contributed by atoms with Crippen molar-refractivity contribution in [3.8, 4) is 17.2 Å². The molecule has 0 aliphatic carbocycles. The maximum absolute atomic E-state index is 12.5. The number of esters is 1. The lowest BCUT2D eigenvalue weighted by molar-refractivity contribution is -0.386. The molecule has 0 fully saturated rings. The second-order valence-corrected chi connectivity index (χ2v) is 6.04. The summed E-state index contributed by atoms with van der Waals surface area (Å²) in [5, 5.41) is 11.2. The van der Waals surface area contributed by atoms with Crippen molar-refractivity contribution < 1.29 is 37.4 Å². The van der Waals surface area contributed by atoms with Gasteiger partial charge in [-0.3, -0.25) is 10.1 Å². The second kappa shape index (κ2) is 9.67. The Kier molecular flexibility index (Phi) is 7.29. The van der Waals surface area contributed by atoms with Crippen LogP contribution in [0.15, 0.2) is 30.3 Å². The number of ether oxygens (including phenoxy) is 4. The molecular weight excluding hydrogens is 392 g/mol. The predicted molar refractivity (Wildman–Crippen MR) is 97.5 cm³/mol. The average Bonchev–Trinajstić information content (AvgIpc) is 2.63. The van der Waals surface area contributed by atoms with Crippen molar-refractivity contribution in [2.24, 2.45) is 0 Å². The molecule has 0 N–H and O–H groups in total. The molecule has 0 amide bonds. The number of nitro benzene ring substituents is 1. The number of carbonyl (C=O) groups is 1. The van der Waals surface area contributed by atoms with E-state index < -0.39 is 42.2 Å². The van der Waals surface area contributed by atoms with Crippen LogP contribution >= 0.6 is 0 Å². The molecule has 0 aromatic heterocycles. The number of aryl methyl sites for hydroxylation is 2. The molecule has 0 heterocycles. The molecule has 0 atom stereocenters. The number of nitrogens with zero attached hydrogens (tertiary/aromatic N) is 1. The van der Waals surface area contributed by atoms with Gasteiger partial charge in [-0.05, 0) is 43.2 Å². The molecule has 0 saturated carbocycles. The first kappa shape index (κ1) is 21.9. The van der Waals surface area contributed by atoms with E-state index in [0.717, 1.165) is 23.3 Å². The number of hydrogen-bond donors (Lipinski definition) is 0. The molecule has 0 spiro atoms. The fraction of sp³-hybridized carbons (Fsp3) is 0.316. The maximum atomic E-state index is 12.5. The van der Waals surface area contributed by atoms with Crippen LogP contribution in [-0.4, -0.2) is 31.2 Å². The molecule has 2 aromatic carbocycles. The van der Waals surface area contributed by atoms with E-state index in [-0.39, 0.29) is 11.3 Å². The van der Waals surface area contributed by atoms with E-state index in [1.807, 2.05) is 19.9 Å². The Bertz CT molecular complexity index is 882. The standard InChI is InChI=1S/C19H19F2NO7/c1-11-4-12(2)6-14(5-11)27-10-18(23)28-9-13-7-16(26-3)17(29-19(20)21)8-15(13)22(24)25/h4-8,19H,9-10H2,1-3H3. The molecule has 29 heavy (non-hydrogen) atoms. The van der Waals surface area contributed by atoms with E-state index in [4.69, 9.17) is 14.2 Å². The highest BCUT2D eigenvalue weighted by Gasteiger charge is 2.22. The van der Waals surface area contributed by atoms with Gasteiger partial charge < -0.3 is 18.9 Å².